The normalized spacial score (nSPS) is 15.7. The molecule has 0 fully saturated rings. The Morgan fingerprint density at radius 1 is 1.19 bits per heavy atom. The van der Waals surface area contributed by atoms with Gasteiger partial charge >= 0.3 is 0 Å². The van der Waals surface area contributed by atoms with Gasteiger partial charge in [-0.2, -0.15) is 0 Å². The van der Waals surface area contributed by atoms with Gasteiger partial charge in [0.2, 0.25) is 5.91 Å². The maximum absolute atomic E-state index is 13.1. The van der Waals surface area contributed by atoms with Crippen molar-refractivity contribution in [1.82, 2.24) is 15.6 Å². The van der Waals surface area contributed by atoms with E-state index in [1.165, 1.54) is 0 Å². The number of nitrogens with one attached hydrogen (secondary N) is 3. The lowest BCUT2D eigenvalue weighted by Gasteiger charge is -2.28. The molecule has 0 bridgehead atoms. The monoisotopic (exact) mass is 457 g/mol. The Hall–Kier alpha value is -2.60. The van der Waals surface area contributed by atoms with Crippen LogP contribution in [0.4, 0.5) is 0 Å². The van der Waals surface area contributed by atoms with Gasteiger partial charge in [0.25, 0.3) is 5.91 Å². The molecule has 3 rings (SSSR count). The SMILES string of the molecule is CCCCC(NC(=O)c1[nH]c2c(c1C)C(=O)CC(C)(C)C2)C(=O)NCc1ccc(Cl)cc1. The molecule has 2 aromatic rings. The van der Waals surface area contributed by atoms with E-state index in [9.17, 15) is 14.4 Å². The molecule has 0 saturated heterocycles. The number of carbonyl (C=O) groups is 3. The number of aromatic nitrogens is 1. The summed E-state index contributed by atoms with van der Waals surface area (Å²) in [4.78, 5) is 41.8. The van der Waals surface area contributed by atoms with E-state index in [1.807, 2.05) is 19.1 Å². The Bertz CT molecular complexity index is 1010. The highest BCUT2D eigenvalue weighted by Gasteiger charge is 2.35. The number of benzene rings is 1. The van der Waals surface area contributed by atoms with Gasteiger partial charge in [-0.1, -0.05) is 57.3 Å². The number of rotatable bonds is 8. The largest absolute Gasteiger partial charge is 0.354 e. The van der Waals surface area contributed by atoms with Crippen LogP contribution in [0.25, 0.3) is 0 Å². The van der Waals surface area contributed by atoms with E-state index in [-0.39, 0.29) is 23.0 Å². The minimum atomic E-state index is -0.651. The molecule has 1 aliphatic carbocycles. The first-order valence-electron chi connectivity index (χ1n) is 11.2. The van der Waals surface area contributed by atoms with Gasteiger partial charge in [0, 0.05) is 29.2 Å². The molecule has 0 spiro atoms. The van der Waals surface area contributed by atoms with Crippen molar-refractivity contribution in [3.8, 4) is 0 Å². The maximum atomic E-state index is 13.1. The number of aromatic amines is 1. The van der Waals surface area contributed by atoms with Crippen molar-refractivity contribution in [2.24, 2.45) is 5.41 Å². The van der Waals surface area contributed by atoms with Crippen molar-refractivity contribution in [2.75, 3.05) is 0 Å². The van der Waals surface area contributed by atoms with Gasteiger partial charge < -0.3 is 15.6 Å². The number of hydrogen-bond donors (Lipinski definition) is 3. The van der Waals surface area contributed by atoms with Crippen LogP contribution < -0.4 is 10.6 Å². The Kier molecular flexibility index (Phi) is 7.44. The predicted octanol–water partition coefficient (Wildman–Crippen LogP) is 4.74. The standard InChI is InChI=1S/C25H32ClN3O3/c1-5-6-7-18(23(31)27-14-16-8-10-17(26)11-9-16)29-24(32)22-15(2)21-19(28-22)12-25(3,4)13-20(21)30/h8-11,18,28H,5-7,12-14H2,1-4H3,(H,27,31)(H,29,32). The molecule has 6 nitrogen and oxygen atoms in total. The molecular formula is C25H32ClN3O3. The van der Waals surface area contributed by atoms with E-state index in [1.54, 1.807) is 19.1 Å². The number of hydrogen-bond acceptors (Lipinski definition) is 3. The van der Waals surface area contributed by atoms with Gasteiger partial charge in [-0.3, -0.25) is 14.4 Å². The number of ketones is 1. The molecule has 1 atom stereocenters. The first-order valence-corrected chi connectivity index (χ1v) is 11.6. The molecule has 172 valence electrons. The second-order valence-corrected chi connectivity index (χ2v) is 9.87. The number of H-pyrrole nitrogens is 1. The lowest BCUT2D eigenvalue weighted by molar-refractivity contribution is -0.123. The van der Waals surface area contributed by atoms with Gasteiger partial charge in [0.05, 0.1) is 0 Å². The fourth-order valence-electron chi connectivity index (χ4n) is 4.28. The summed E-state index contributed by atoms with van der Waals surface area (Å²) in [5.74, 6) is -0.523. The van der Waals surface area contributed by atoms with Crippen molar-refractivity contribution in [1.29, 1.82) is 0 Å². The van der Waals surface area contributed by atoms with E-state index in [2.05, 4.69) is 29.5 Å². The summed E-state index contributed by atoms with van der Waals surface area (Å²) < 4.78 is 0. The van der Waals surface area contributed by atoms with Crippen LogP contribution in [0.1, 0.15) is 84.1 Å². The zero-order chi connectivity index (χ0) is 23.5. The van der Waals surface area contributed by atoms with Crippen LogP contribution in [0, 0.1) is 12.3 Å². The van der Waals surface area contributed by atoms with E-state index in [0.29, 0.717) is 47.7 Å². The molecule has 1 aromatic carbocycles. The molecule has 1 heterocycles. The summed E-state index contributed by atoms with van der Waals surface area (Å²) in [6.45, 7) is 8.29. The third-order valence-corrected chi connectivity index (χ3v) is 6.23. The minimum Gasteiger partial charge on any atom is -0.354 e. The predicted molar refractivity (Wildman–Crippen MR) is 126 cm³/mol. The van der Waals surface area contributed by atoms with Crippen molar-refractivity contribution in [2.45, 2.75) is 72.4 Å². The molecule has 1 unspecified atom stereocenters. The number of Topliss-reactive ketones (excluding diaryl/α,β-unsaturated/α-hetero) is 1. The lowest BCUT2D eigenvalue weighted by Crippen LogP contribution is -2.46. The van der Waals surface area contributed by atoms with E-state index in [0.717, 1.165) is 24.1 Å². The quantitative estimate of drug-likeness (QED) is 0.534. The van der Waals surface area contributed by atoms with E-state index < -0.39 is 6.04 Å². The summed E-state index contributed by atoms with van der Waals surface area (Å²) in [7, 11) is 0. The first-order chi connectivity index (χ1) is 15.1. The fourth-order valence-corrected chi connectivity index (χ4v) is 4.41. The van der Waals surface area contributed by atoms with Gasteiger partial charge in [0.15, 0.2) is 5.78 Å². The van der Waals surface area contributed by atoms with Crippen LogP contribution >= 0.6 is 11.6 Å². The second kappa shape index (κ2) is 9.90. The number of halogens is 1. The average Bonchev–Trinajstić information content (AvgIpc) is 3.05. The third kappa shape index (κ3) is 5.60. The molecular weight excluding hydrogens is 426 g/mol. The lowest BCUT2D eigenvalue weighted by atomic mass is 9.75. The van der Waals surface area contributed by atoms with Crippen LogP contribution in [0.2, 0.25) is 5.02 Å². The Labute approximate surface area is 194 Å². The number of fused-ring (bicyclic) bond motifs is 1. The molecule has 0 aliphatic heterocycles. The van der Waals surface area contributed by atoms with E-state index in [4.69, 9.17) is 11.6 Å². The molecule has 0 radical (unpaired) electrons. The van der Waals surface area contributed by atoms with Gasteiger partial charge in [-0.25, -0.2) is 0 Å². The average molecular weight is 458 g/mol. The van der Waals surface area contributed by atoms with Crippen molar-refractivity contribution in [3.05, 3.63) is 57.4 Å². The summed E-state index contributed by atoms with van der Waals surface area (Å²) in [6, 6.07) is 6.61. The zero-order valence-electron chi connectivity index (χ0n) is 19.2. The third-order valence-electron chi connectivity index (χ3n) is 5.98. The molecule has 7 heteroatoms. The highest BCUT2D eigenvalue weighted by molar-refractivity contribution is 6.30. The van der Waals surface area contributed by atoms with Crippen LogP contribution in [-0.4, -0.2) is 28.6 Å². The molecule has 0 saturated carbocycles. The van der Waals surface area contributed by atoms with Crippen LogP contribution in [0.15, 0.2) is 24.3 Å². The van der Waals surface area contributed by atoms with Crippen LogP contribution in [-0.2, 0) is 17.8 Å². The van der Waals surface area contributed by atoms with Gasteiger partial charge in [-0.05, 0) is 48.4 Å². The smallest absolute Gasteiger partial charge is 0.268 e. The van der Waals surface area contributed by atoms with Crippen molar-refractivity contribution >= 4 is 29.2 Å². The van der Waals surface area contributed by atoms with Crippen LogP contribution in [0.5, 0.6) is 0 Å². The maximum Gasteiger partial charge on any atom is 0.268 e. The van der Waals surface area contributed by atoms with Crippen molar-refractivity contribution < 1.29 is 14.4 Å². The number of unbranched alkanes of at least 4 members (excludes halogenated alkanes) is 1. The highest BCUT2D eigenvalue weighted by Crippen LogP contribution is 2.36. The molecule has 1 aliphatic rings. The summed E-state index contributed by atoms with van der Waals surface area (Å²) >= 11 is 5.91. The molecule has 1 aromatic heterocycles. The van der Waals surface area contributed by atoms with Gasteiger partial charge in [0.1, 0.15) is 11.7 Å². The Morgan fingerprint density at radius 3 is 2.53 bits per heavy atom. The Balaban J connectivity index is 1.72. The molecule has 2 amide bonds. The number of carbonyl (C=O) groups excluding carboxylic acids is 3. The topological polar surface area (TPSA) is 91.1 Å². The minimum absolute atomic E-state index is 0.0623. The molecule has 32 heavy (non-hydrogen) atoms. The van der Waals surface area contributed by atoms with E-state index >= 15 is 0 Å². The summed E-state index contributed by atoms with van der Waals surface area (Å²) in [5, 5.41) is 6.43. The molecule has 3 N–H and O–H groups in total. The fraction of sp³-hybridized carbons (Fsp3) is 0.480. The highest BCUT2D eigenvalue weighted by atomic mass is 35.5. The Morgan fingerprint density at radius 2 is 1.88 bits per heavy atom. The van der Waals surface area contributed by atoms with Crippen molar-refractivity contribution in [3.63, 3.8) is 0 Å². The zero-order valence-corrected chi connectivity index (χ0v) is 20.0. The summed E-state index contributed by atoms with van der Waals surface area (Å²) in [6.07, 6.45) is 3.44. The van der Waals surface area contributed by atoms with Gasteiger partial charge in [-0.15, -0.1) is 0 Å². The number of amides is 2. The second-order valence-electron chi connectivity index (χ2n) is 9.43. The van der Waals surface area contributed by atoms with Crippen LogP contribution in [0.3, 0.4) is 0 Å². The first kappa shape index (κ1) is 24.1. The summed E-state index contributed by atoms with van der Waals surface area (Å²) in [5.41, 5.74) is 3.26.